The van der Waals surface area contributed by atoms with Crippen molar-refractivity contribution in [2.24, 2.45) is 0 Å². The summed E-state index contributed by atoms with van der Waals surface area (Å²) in [6.45, 7) is 5.47. The molecule has 2 unspecified atom stereocenters. The first-order valence-corrected chi connectivity index (χ1v) is 26.5. The van der Waals surface area contributed by atoms with Gasteiger partial charge in [-0.3, -0.25) is 9.36 Å². The van der Waals surface area contributed by atoms with Crippen molar-refractivity contribution in [2.45, 2.75) is 219 Å². The number of rotatable bonds is 46. The van der Waals surface area contributed by atoms with E-state index in [9.17, 15) is 14.3 Å². The minimum atomic E-state index is -4.42. The van der Waals surface area contributed by atoms with Crippen molar-refractivity contribution < 1.29 is 37.3 Å². The molecule has 2 atom stereocenters. The summed E-state index contributed by atoms with van der Waals surface area (Å²) in [5.41, 5.74) is 1.04. The Morgan fingerprint density at radius 2 is 1.08 bits per heavy atom. The Morgan fingerprint density at radius 1 is 0.633 bits per heavy atom. The molecule has 1 aromatic rings. The van der Waals surface area contributed by atoms with E-state index in [1.54, 1.807) is 0 Å². The second kappa shape index (κ2) is 40.5. The molecular formula is C50H95N2O7P. The third kappa shape index (κ3) is 40.7. The van der Waals surface area contributed by atoms with Gasteiger partial charge in [0.05, 0.1) is 27.7 Å². The predicted octanol–water partition coefficient (Wildman–Crippen LogP) is 13.0. The van der Waals surface area contributed by atoms with Crippen LogP contribution < -0.4 is 10.2 Å². The van der Waals surface area contributed by atoms with E-state index >= 15 is 0 Å². The molecule has 60 heavy (non-hydrogen) atoms. The Balaban J connectivity index is 2.03. The molecule has 9 nitrogen and oxygen atoms in total. The van der Waals surface area contributed by atoms with Gasteiger partial charge < -0.3 is 33.2 Å². The predicted molar refractivity (Wildman–Crippen MR) is 250 cm³/mol. The third-order valence-electron chi connectivity index (χ3n) is 11.3. The van der Waals surface area contributed by atoms with E-state index in [4.69, 9.17) is 18.5 Å². The van der Waals surface area contributed by atoms with Crippen molar-refractivity contribution in [2.75, 3.05) is 60.6 Å². The summed E-state index contributed by atoms with van der Waals surface area (Å²) in [6.07, 6.45) is 38.3. The molecule has 0 fully saturated rings. The second-order valence-electron chi connectivity index (χ2n) is 18.5. The number of esters is 1. The molecule has 0 aliphatic heterocycles. The van der Waals surface area contributed by atoms with Crippen molar-refractivity contribution in [3.8, 4) is 0 Å². The van der Waals surface area contributed by atoms with Crippen molar-refractivity contribution in [3.63, 3.8) is 0 Å². The van der Waals surface area contributed by atoms with Gasteiger partial charge >= 0.3 is 5.97 Å². The number of nitrogens with one attached hydrogen (secondary N) is 1. The number of nitrogens with zero attached hydrogens (tertiary/aromatic N) is 1. The standard InChI is InChI=1S/C50H95N2O7P/c1-5-6-7-8-9-10-11-12-19-22-25-28-31-37-43-56-47-49(59-60(54,55)58-44-42-52(2,3)4)45-51-41-36-30-27-24-21-18-16-14-13-15-17-20-23-26-29-35-40-50(53)57-46-48-38-33-32-34-39-48/h32-34,38-39,49,51H,5-31,35-37,40-47H2,1-4H3. The minimum absolute atomic E-state index is 0.0835. The van der Waals surface area contributed by atoms with Gasteiger partial charge in [0.1, 0.15) is 25.9 Å². The average molecular weight is 867 g/mol. The van der Waals surface area contributed by atoms with Crippen LogP contribution in [-0.2, 0) is 34.5 Å². The maximum Gasteiger partial charge on any atom is 0.306 e. The summed E-state index contributed by atoms with van der Waals surface area (Å²) in [5.74, 6) is -0.0835. The molecule has 0 heterocycles. The van der Waals surface area contributed by atoms with Gasteiger partial charge in [-0.25, -0.2) is 0 Å². The number of hydrogen-bond acceptors (Lipinski definition) is 8. The van der Waals surface area contributed by atoms with Crippen LogP contribution in [0.2, 0.25) is 0 Å². The van der Waals surface area contributed by atoms with Crippen molar-refractivity contribution in [1.29, 1.82) is 0 Å². The molecule has 352 valence electrons. The van der Waals surface area contributed by atoms with E-state index in [0.717, 1.165) is 44.2 Å². The summed E-state index contributed by atoms with van der Waals surface area (Å²) in [7, 11) is 1.59. The normalized spacial score (nSPS) is 13.4. The van der Waals surface area contributed by atoms with Gasteiger partial charge in [-0.15, -0.1) is 0 Å². The molecule has 1 N–H and O–H groups in total. The highest BCUT2D eigenvalue weighted by Crippen LogP contribution is 2.39. The van der Waals surface area contributed by atoms with Gasteiger partial charge in [0.15, 0.2) is 0 Å². The number of quaternary nitrogens is 1. The van der Waals surface area contributed by atoms with Crippen LogP contribution in [0.4, 0.5) is 0 Å². The largest absolute Gasteiger partial charge is 0.756 e. The monoisotopic (exact) mass is 867 g/mol. The van der Waals surface area contributed by atoms with Crippen LogP contribution in [0.1, 0.15) is 212 Å². The van der Waals surface area contributed by atoms with Gasteiger partial charge in [0.2, 0.25) is 0 Å². The Morgan fingerprint density at radius 3 is 1.57 bits per heavy atom. The number of carbonyl (C=O) groups excluding carboxylic acids is 1. The highest BCUT2D eigenvalue weighted by atomic mass is 31.2. The summed E-state index contributed by atoms with van der Waals surface area (Å²) in [4.78, 5) is 24.6. The van der Waals surface area contributed by atoms with Gasteiger partial charge in [0.25, 0.3) is 7.82 Å². The Hall–Kier alpha value is -1.32. The summed E-state index contributed by atoms with van der Waals surface area (Å²) in [5, 5.41) is 3.42. The Labute approximate surface area is 370 Å². The first kappa shape index (κ1) is 56.7. The molecule has 0 amide bonds. The zero-order valence-electron chi connectivity index (χ0n) is 39.6. The Kier molecular flexibility index (Phi) is 38.2. The van der Waals surface area contributed by atoms with Crippen LogP contribution in [0.25, 0.3) is 0 Å². The number of hydrogen-bond donors (Lipinski definition) is 1. The molecule has 0 radical (unpaired) electrons. The molecule has 0 saturated carbocycles. The summed E-state index contributed by atoms with van der Waals surface area (Å²) >= 11 is 0. The molecule has 0 aliphatic rings. The third-order valence-corrected chi connectivity index (χ3v) is 12.4. The van der Waals surface area contributed by atoms with Crippen LogP contribution in [0.3, 0.4) is 0 Å². The fraction of sp³-hybridized carbons (Fsp3) is 0.860. The van der Waals surface area contributed by atoms with Gasteiger partial charge in [-0.05, 0) is 31.4 Å². The average Bonchev–Trinajstić information content (AvgIpc) is 3.21. The maximum atomic E-state index is 12.6. The van der Waals surface area contributed by atoms with Gasteiger partial charge in [-0.2, -0.15) is 0 Å². The lowest BCUT2D eigenvalue weighted by Crippen LogP contribution is -2.38. The number of benzene rings is 1. The number of likely N-dealkylation sites (N-methyl/N-ethyl adjacent to an activating group) is 1. The van der Waals surface area contributed by atoms with Crippen molar-refractivity contribution in [3.05, 3.63) is 35.9 Å². The van der Waals surface area contributed by atoms with E-state index < -0.39 is 13.9 Å². The SMILES string of the molecule is CCCCCCCCCCCCCCCCOCC(CNCCCCCCCCCCCCCCCCCCC(=O)OCc1ccccc1)OP(=O)([O-])OCC[N+](C)(C)C. The van der Waals surface area contributed by atoms with Crippen LogP contribution in [0, 0.1) is 0 Å². The molecule has 1 aromatic carbocycles. The van der Waals surface area contributed by atoms with Crippen molar-refractivity contribution in [1.82, 2.24) is 5.32 Å². The minimum Gasteiger partial charge on any atom is -0.756 e. The molecule has 10 heteroatoms. The fourth-order valence-corrected chi connectivity index (χ4v) is 8.31. The van der Waals surface area contributed by atoms with Crippen LogP contribution in [-0.4, -0.2) is 77.2 Å². The lowest BCUT2D eigenvalue weighted by molar-refractivity contribution is -0.870. The zero-order chi connectivity index (χ0) is 43.7. The number of unbranched alkanes of at least 4 members (excludes halogenated alkanes) is 28. The molecule has 0 saturated heterocycles. The first-order valence-electron chi connectivity index (χ1n) is 25.0. The molecule has 0 aliphatic carbocycles. The van der Waals surface area contributed by atoms with Crippen LogP contribution in [0.5, 0.6) is 0 Å². The van der Waals surface area contributed by atoms with E-state index in [1.165, 1.54) is 161 Å². The number of ether oxygens (including phenoxy) is 2. The van der Waals surface area contributed by atoms with Gasteiger partial charge in [0, 0.05) is 19.6 Å². The first-order chi connectivity index (χ1) is 29.1. The van der Waals surface area contributed by atoms with E-state index in [1.807, 2.05) is 51.5 Å². The highest BCUT2D eigenvalue weighted by Gasteiger charge is 2.20. The van der Waals surface area contributed by atoms with Gasteiger partial charge in [-0.1, -0.05) is 211 Å². The van der Waals surface area contributed by atoms with E-state index in [2.05, 4.69) is 12.2 Å². The summed E-state index contributed by atoms with van der Waals surface area (Å²) in [6, 6.07) is 9.86. The second-order valence-corrected chi connectivity index (χ2v) is 19.8. The molecule has 0 spiro atoms. The zero-order valence-corrected chi connectivity index (χ0v) is 40.5. The van der Waals surface area contributed by atoms with Crippen LogP contribution >= 0.6 is 7.82 Å². The molecule has 1 rings (SSSR count). The topological polar surface area (TPSA) is 106 Å². The highest BCUT2D eigenvalue weighted by molar-refractivity contribution is 7.45. The Bertz CT molecular complexity index is 1120. The van der Waals surface area contributed by atoms with Crippen LogP contribution in [0.15, 0.2) is 30.3 Å². The number of phosphoric ester groups is 1. The molecule has 0 aromatic heterocycles. The fourth-order valence-electron chi connectivity index (χ4n) is 7.45. The molecular weight excluding hydrogens is 772 g/mol. The molecule has 0 bridgehead atoms. The lowest BCUT2D eigenvalue weighted by Gasteiger charge is -2.30. The lowest BCUT2D eigenvalue weighted by atomic mass is 10.0. The maximum absolute atomic E-state index is 12.6. The number of carbonyl (C=O) groups is 1. The van der Waals surface area contributed by atoms with E-state index in [0.29, 0.717) is 37.2 Å². The number of phosphoric acid groups is 1. The van der Waals surface area contributed by atoms with Crippen molar-refractivity contribution >= 4 is 13.8 Å². The smallest absolute Gasteiger partial charge is 0.306 e. The summed E-state index contributed by atoms with van der Waals surface area (Å²) < 4.78 is 35.3. The quantitative estimate of drug-likeness (QED) is 0.0299. The van der Waals surface area contributed by atoms with E-state index in [-0.39, 0.29) is 19.2 Å².